The van der Waals surface area contributed by atoms with Crippen LogP contribution in [0.25, 0.3) is 11.0 Å². The molecule has 1 amide bonds. The van der Waals surface area contributed by atoms with E-state index >= 15 is 0 Å². The van der Waals surface area contributed by atoms with E-state index in [1.807, 2.05) is 24.3 Å². The Balaban J connectivity index is 1.69. The van der Waals surface area contributed by atoms with Gasteiger partial charge >= 0.3 is 6.09 Å². The molecule has 0 aliphatic carbocycles. The Morgan fingerprint density at radius 3 is 2.68 bits per heavy atom. The Kier molecular flexibility index (Phi) is 6.71. The summed E-state index contributed by atoms with van der Waals surface area (Å²) < 4.78 is 5.31. The van der Waals surface area contributed by atoms with Crippen molar-refractivity contribution in [3.05, 3.63) is 76.8 Å². The number of hydrogen-bond acceptors (Lipinski definition) is 5. The minimum atomic E-state index is -1.00. The van der Waals surface area contributed by atoms with E-state index in [1.54, 1.807) is 51.4 Å². The monoisotopic (exact) mass is 500 g/mol. The predicted octanol–water partition coefficient (Wildman–Crippen LogP) is 5.89. The molecule has 0 saturated heterocycles. The molecule has 2 aromatic heterocycles. The highest BCUT2D eigenvalue weighted by Crippen LogP contribution is 2.47. The van der Waals surface area contributed by atoms with Crippen LogP contribution in [0.2, 0.25) is 5.02 Å². The molecule has 1 aliphatic rings. The van der Waals surface area contributed by atoms with Crippen LogP contribution in [0.4, 0.5) is 4.79 Å². The largest absolute Gasteiger partial charge is 0.444 e. The van der Waals surface area contributed by atoms with Gasteiger partial charge in [-0.3, -0.25) is 5.32 Å². The Morgan fingerprint density at radius 2 is 2.00 bits per heavy atom. The number of pyridine rings is 1. The molecule has 0 fully saturated rings. The molecule has 0 radical (unpaired) electrons. The third-order valence-electron chi connectivity index (χ3n) is 5.65. The van der Waals surface area contributed by atoms with Crippen LogP contribution in [0.5, 0.6) is 0 Å². The fourth-order valence-corrected chi connectivity index (χ4v) is 4.51. The molecule has 9 heteroatoms. The van der Waals surface area contributed by atoms with Gasteiger partial charge in [-0.2, -0.15) is 0 Å². The molecule has 2 atom stereocenters. The lowest BCUT2D eigenvalue weighted by Gasteiger charge is -2.38. The summed E-state index contributed by atoms with van der Waals surface area (Å²) in [5, 5.41) is 15.9. The van der Waals surface area contributed by atoms with Gasteiger partial charge in [-0.05, 0) is 69.5 Å². The lowest BCUT2D eigenvalue weighted by Crippen LogP contribution is -2.40. The first-order chi connectivity index (χ1) is 16.1. The number of aliphatic hydroxyl groups excluding tert-OH is 1. The van der Waals surface area contributed by atoms with Gasteiger partial charge < -0.3 is 14.8 Å². The topological polar surface area (TPSA) is 99.6 Å². The van der Waals surface area contributed by atoms with Crippen LogP contribution >= 0.6 is 23.2 Å². The quantitative estimate of drug-likeness (QED) is 0.406. The van der Waals surface area contributed by atoms with Gasteiger partial charge in [0, 0.05) is 28.4 Å². The van der Waals surface area contributed by atoms with Crippen molar-refractivity contribution in [1.29, 1.82) is 0 Å². The molecule has 4 rings (SSSR count). The van der Waals surface area contributed by atoms with Gasteiger partial charge in [0.1, 0.15) is 22.2 Å². The smallest absolute Gasteiger partial charge is 0.413 e. The van der Waals surface area contributed by atoms with Crippen molar-refractivity contribution >= 4 is 45.5 Å². The van der Waals surface area contributed by atoms with Crippen LogP contribution in [-0.2, 0) is 11.2 Å². The molecule has 3 N–H and O–H groups in total. The number of aromatic nitrogens is 2. The van der Waals surface area contributed by atoms with Crippen LogP contribution in [0.15, 0.2) is 65.7 Å². The molecule has 0 spiro atoms. The molecule has 0 saturated carbocycles. The van der Waals surface area contributed by atoms with Gasteiger partial charge in [-0.15, -0.1) is 0 Å². The molecular weight excluding hydrogens is 475 g/mol. The Hall–Kier alpha value is -2.87. The summed E-state index contributed by atoms with van der Waals surface area (Å²) in [5.41, 5.74) is 0.656. The average molecular weight is 501 g/mol. The van der Waals surface area contributed by atoms with Crippen LogP contribution < -0.4 is 5.32 Å². The summed E-state index contributed by atoms with van der Waals surface area (Å²) >= 11 is 12.9. The van der Waals surface area contributed by atoms with Gasteiger partial charge in [0.25, 0.3) is 0 Å². The third kappa shape index (κ3) is 5.12. The minimum Gasteiger partial charge on any atom is -0.444 e. The van der Waals surface area contributed by atoms with E-state index in [-0.39, 0.29) is 11.0 Å². The second-order valence-corrected chi connectivity index (χ2v) is 10.1. The molecule has 3 heterocycles. The zero-order valence-corrected chi connectivity index (χ0v) is 20.6. The summed E-state index contributed by atoms with van der Waals surface area (Å²) in [7, 11) is 0. The second-order valence-electron chi connectivity index (χ2n) is 9.33. The number of alkyl carbamates (subject to hydrolysis) is 1. The first kappa shape index (κ1) is 24.3. The Morgan fingerprint density at radius 1 is 1.26 bits per heavy atom. The molecule has 2 unspecified atom stereocenters. The van der Waals surface area contributed by atoms with Gasteiger partial charge in [0.05, 0.1) is 11.5 Å². The number of hydrogen-bond donors (Lipinski definition) is 3. The van der Waals surface area contributed by atoms with Gasteiger partial charge in [0.2, 0.25) is 0 Å². The molecule has 34 heavy (non-hydrogen) atoms. The molecule has 7 nitrogen and oxygen atoms in total. The van der Waals surface area contributed by atoms with Crippen LogP contribution in [0.3, 0.4) is 0 Å². The molecular formula is C25H26Cl2N4O3. The van der Waals surface area contributed by atoms with Crippen molar-refractivity contribution in [2.75, 3.05) is 0 Å². The van der Waals surface area contributed by atoms with Crippen LogP contribution in [-0.4, -0.2) is 31.9 Å². The first-order valence-electron chi connectivity index (χ1n) is 10.9. The van der Waals surface area contributed by atoms with Gasteiger partial charge in [0.15, 0.2) is 0 Å². The van der Waals surface area contributed by atoms with Crippen molar-refractivity contribution in [1.82, 2.24) is 15.3 Å². The van der Waals surface area contributed by atoms with Crippen molar-refractivity contribution in [2.45, 2.75) is 45.3 Å². The number of carbonyl (C=O) groups excluding carboxylic acids is 1. The number of halogens is 2. The van der Waals surface area contributed by atoms with E-state index in [1.165, 1.54) is 0 Å². The number of rotatable bonds is 5. The maximum Gasteiger partial charge on any atom is 0.413 e. The SMILES string of the molecule is CC(C)(C)OC(=O)NC1=CCC(Cc2ccc(Cl)cc2)(C(O)c2c[nH]c3ncccc23)C(Cl)=N1. The number of amides is 1. The summed E-state index contributed by atoms with van der Waals surface area (Å²) in [6.07, 6.45) is 4.28. The summed E-state index contributed by atoms with van der Waals surface area (Å²) in [6, 6.07) is 11.1. The van der Waals surface area contributed by atoms with Crippen molar-refractivity contribution in [2.24, 2.45) is 10.4 Å². The fourth-order valence-electron chi connectivity index (χ4n) is 4.05. The maximum absolute atomic E-state index is 12.2. The molecule has 3 aromatic rings. The number of aromatic amines is 1. The predicted molar refractivity (Wildman–Crippen MR) is 134 cm³/mol. The number of nitrogens with zero attached hydrogens (tertiary/aromatic N) is 2. The molecule has 1 aromatic carbocycles. The fraction of sp³-hybridized carbons (Fsp3) is 0.320. The average Bonchev–Trinajstić information content (AvgIpc) is 3.19. The lowest BCUT2D eigenvalue weighted by atomic mass is 9.71. The van der Waals surface area contributed by atoms with Gasteiger partial charge in [-0.25, -0.2) is 14.8 Å². The summed E-state index contributed by atoms with van der Waals surface area (Å²) in [4.78, 5) is 24.1. The standard InChI is InChI=1S/C25H26Cl2N4O3/c1-24(2,3)34-23(33)31-19-10-11-25(22(27)30-19,13-15-6-8-16(26)9-7-15)20(32)18-14-29-21-17(18)5-4-12-28-21/h4-10,12,14,20,32H,11,13H2,1-3H3,(H,28,29)(H,31,33). The number of H-pyrrole nitrogens is 1. The molecule has 0 bridgehead atoms. The number of aliphatic hydroxyl groups is 1. The molecule has 1 aliphatic heterocycles. The van der Waals surface area contributed by atoms with Crippen molar-refractivity contribution < 1.29 is 14.6 Å². The number of aliphatic imine (C=N–C) groups is 1. The van der Waals surface area contributed by atoms with Crippen molar-refractivity contribution in [3.63, 3.8) is 0 Å². The zero-order chi connectivity index (χ0) is 24.5. The van der Waals surface area contributed by atoms with E-state index in [9.17, 15) is 9.90 Å². The van der Waals surface area contributed by atoms with E-state index in [4.69, 9.17) is 27.9 Å². The normalized spacial score (nSPS) is 19.4. The number of fused-ring (bicyclic) bond motifs is 1. The third-order valence-corrected chi connectivity index (χ3v) is 6.36. The first-order valence-corrected chi connectivity index (χ1v) is 11.6. The van der Waals surface area contributed by atoms with E-state index in [0.717, 1.165) is 10.9 Å². The number of nitrogens with one attached hydrogen (secondary N) is 2. The highest BCUT2D eigenvalue weighted by atomic mass is 35.5. The van der Waals surface area contributed by atoms with Gasteiger partial charge in [-0.1, -0.05) is 35.3 Å². The molecule has 178 valence electrons. The van der Waals surface area contributed by atoms with E-state index in [2.05, 4.69) is 20.3 Å². The zero-order valence-electron chi connectivity index (χ0n) is 19.1. The Labute approximate surface area is 207 Å². The second kappa shape index (κ2) is 9.41. The summed E-state index contributed by atoms with van der Waals surface area (Å²) in [6.45, 7) is 5.34. The maximum atomic E-state index is 12.2. The Bertz CT molecular complexity index is 1260. The van der Waals surface area contributed by atoms with Crippen molar-refractivity contribution in [3.8, 4) is 0 Å². The number of benzene rings is 1. The van der Waals surface area contributed by atoms with E-state index in [0.29, 0.717) is 29.1 Å². The number of carbonyl (C=O) groups is 1. The number of ether oxygens (including phenoxy) is 1. The van der Waals surface area contributed by atoms with Crippen LogP contribution in [0.1, 0.15) is 44.4 Å². The van der Waals surface area contributed by atoms with E-state index < -0.39 is 23.2 Å². The lowest BCUT2D eigenvalue weighted by molar-refractivity contribution is 0.0542. The highest BCUT2D eigenvalue weighted by Gasteiger charge is 2.45. The minimum absolute atomic E-state index is 0.182. The highest BCUT2D eigenvalue weighted by molar-refractivity contribution is 6.67. The summed E-state index contributed by atoms with van der Waals surface area (Å²) in [5.74, 6) is 0.277. The van der Waals surface area contributed by atoms with Crippen LogP contribution in [0, 0.1) is 5.41 Å². The number of allylic oxidation sites excluding steroid dienone is 1.